The number of hydrogen-bond donors (Lipinski definition) is 2. The summed E-state index contributed by atoms with van der Waals surface area (Å²) in [7, 11) is 1.27. The number of rotatable bonds is 3. The molecule has 0 unspecified atom stereocenters. The van der Waals surface area contributed by atoms with Crippen molar-refractivity contribution in [2.75, 3.05) is 13.7 Å². The number of ketones is 1. The largest absolute Gasteiger partial charge is 0.466 e. The first kappa shape index (κ1) is 26.8. The number of fused-ring (bicyclic) bond motifs is 7. The van der Waals surface area contributed by atoms with Crippen LogP contribution in [0.1, 0.15) is 60.3 Å². The molecule has 8 rings (SSSR count). The lowest BCUT2D eigenvalue weighted by molar-refractivity contribution is -0.191. The summed E-state index contributed by atoms with van der Waals surface area (Å²) in [5, 5.41) is 23.9. The highest BCUT2D eigenvalue weighted by Crippen LogP contribution is 2.83. The van der Waals surface area contributed by atoms with Crippen molar-refractivity contribution in [3.05, 3.63) is 33.4 Å². The summed E-state index contributed by atoms with van der Waals surface area (Å²) in [6.07, 6.45) is 1.37. The van der Waals surface area contributed by atoms with Crippen LogP contribution in [0, 0.1) is 52.3 Å². The van der Waals surface area contributed by atoms with Crippen molar-refractivity contribution in [2.24, 2.45) is 52.3 Å². The fraction of sp³-hybridized carbons (Fsp3) is 0.697. The monoisotopic (exact) mass is 578 g/mol. The van der Waals surface area contributed by atoms with Crippen LogP contribution in [0.2, 0.25) is 0 Å². The van der Waals surface area contributed by atoms with Crippen molar-refractivity contribution >= 4 is 23.7 Å². The molecule has 2 N–H and O–H groups in total. The van der Waals surface area contributed by atoms with Crippen molar-refractivity contribution in [3.8, 4) is 0 Å². The number of hydrogen-bond acceptors (Lipinski definition) is 9. The third-order valence-electron chi connectivity index (χ3n) is 13.6. The fourth-order valence-electron chi connectivity index (χ4n) is 11.7. The number of carbonyl (C=O) groups excluding carboxylic acids is 4. The summed E-state index contributed by atoms with van der Waals surface area (Å²) >= 11 is 0. The summed E-state index contributed by atoms with van der Waals surface area (Å²) in [4.78, 5) is 52.8. The van der Waals surface area contributed by atoms with Crippen LogP contribution in [-0.4, -0.2) is 64.9 Å². The zero-order valence-corrected chi connectivity index (χ0v) is 24.9. The first-order chi connectivity index (χ1) is 19.7. The van der Waals surface area contributed by atoms with Crippen LogP contribution in [0.3, 0.4) is 0 Å². The van der Waals surface area contributed by atoms with Gasteiger partial charge >= 0.3 is 17.9 Å². The van der Waals surface area contributed by atoms with Gasteiger partial charge in [0.1, 0.15) is 23.9 Å². The Labute approximate surface area is 244 Å². The van der Waals surface area contributed by atoms with Gasteiger partial charge in [-0.2, -0.15) is 0 Å². The van der Waals surface area contributed by atoms with Gasteiger partial charge in [-0.3, -0.25) is 9.59 Å². The molecule has 9 nitrogen and oxygen atoms in total. The van der Waals surface area contributed by atoms with Gasteiger partial charge in [0.05, 0.1) is 13.0 Å². The van der Waals surface area contributed by atoms with Gasteiger partial charge in [-0.1, -0.05) is 19.4 Å². The molecule has 12 atom stereocenters. The number of ether oxygens (including phenoxy) is 3. The maximum absolute atomic E-state index is 14.3. The van der Waals surface area contributed by atoms with Gasteiger partial charge in [-0.25, -0.2) is 9.59 Å². The van der Waals surface area contributed by atoms with Crippen molar-refractivity contribution in [1.29, 1.82) is 0 Å². The summed E-state index contributed by atoms with van der Waals surface area (Å²) in [6.45, 7) is 8.73. The Bertz CT molecular complexity index is 1530. The second-order valence-electron chi connectivity index (χ2n) is 14.8. The molecule has 1 heterocycles. The van der Waals surface area contributed by atoms with Gasteiger partial charge in [-0.05, 0) is 79.8 Å². The summed E-state index contributed by atoms with van der Waals surface area (Å²) in [5.41, 5.74) is -0.00747. The molecule has 9 heteroatoms. The number of esters is 3. The lowest BCUT2D eigenvalue weighted by Crippen LogP contribution is -2.67. The van der Waals surface area contributed by atoms with Gasteiger partial charge in [0.25, 0.3) is 0 Å². The molecule has 5 saturated carbocycles. The predicted octanol–water partition coefficient (Wildman–Crippen LogP) is 2.59. The lowest BCUT2D eigenvalue weighted by atomic mass is 9.42. The van der Waals surface area contributed by atoms with Gasteiger partial charge < -0.3 is 24.4 Å². The van der Waals surface area contributed by atoms with Crippen molar-refractivity contribution < 1.29 is 43.6 Å². The Morgan fingerprint density at radius 1 is 1.05 bits per heavy atom. The second kappa shape index (κ2) is 7.65. The summed E-state index contributed by atoms with van der Waals surface area (Å²) < 4.78 is 17.1. The van der Waals surface area contributed by atoms with Gasteiger partial charge in [0.2, 0.25) is 0 Å². The minimum atomic E-state index is -1.30. The highest BCUT2D eigenvalue weighted by atomic mass is 16.6. The SMILES string of the molecule is COC(=O)/C(C)=C1\C(=O)[C@H](O)[C@]2(C)C3=C(C[C@@H]4[C@]5(OC(=O)C(C)=C5C[C@H]5[C@](O)(COC(C)=O)[C@H]6C[C@H]6[C@]45C)[C@@H]31)[C@H]1C[C@H]12. The Morgan fingerprint density at radius 2 is 1.76 bits per heavy atom. The highest BCUT2D eigenvalue weighted by molar-refractivity contribution is 6.09. The average molecular weight is 579 g/mol. The normalized spacial score (nSPS) is 51.5. The molecule has 1 spiro atoms. The molecule has 0 saturated heterocycles. The Morgan fingerprint density at radius 3 is 2.43 bits per heavy atom. The van der Waals surface area contributed by atoms with E-state index in [0.717, 1.165) is 24.0 Å². The zero-order chi connectivity index (χ0) is 30.0. The molecule has 224 valence electrons. The van der Waals surface area contributed by atoms with E-state index in [1.807, 2.05) is 6.92 Å². The van der Waals surface area contributed by atoms with Gasteiger partial charge in [0.15, 0.2) is 5.78 Å². The smallest absolute Gasteiger partial charge is 0.334 e. The van der Waals surface area contributed by atoms with E-state index in [-0.39, 0.29) is 53.3 Å². The van der Waals surface area contributed by atoms with E-state index in [4.69, 9.17) is 14.2 Å². The van der Waals surface area contributed by atoms with Crippen molar-refractivity contribution in [3.63, 3.8) is 0 Å². The molecule has 1 aliphatic heterocycles. The third-order valence-corrected chi connectivity index (χ3v) is 13.6. The third kappa shape index (κ3) is 2.63. The lowest BCUT2D eigenvalue weighted by Gasteiger charge is -2.63. The van der Waals surface area contributed by atoms with Crippen LogP contribution in [0.5, 0.6) is 0 Å². The van der Waals surface area contributed by atoms with E-state index < -0.39 is 57.7 Å². The molecule has 0 radical (unpaired) electrons. The number of Topliss-reactive ketones (excluding diaryl/α,β-unsaturated/α-hetero) is 1. The second-order valence-corrected chi connectivity index (χ2v) is 14.8. The molecule has 0 bridgehead atoms. The Balaban J connectivity index is 1.40. The van der Waals surface area contributed by atoms with Gasteiger partial charge in [-0.15, -0.1) is 0 Å². The van der Waals surface area contributed by atoms with Crippen LogP contribution < -0.4 is 0 Å². The molecule has 0 aromatic heterocycles. The number of carbonyl (C=O) groups is 4. The number of aliphatic hydroxyl groups is 2. The summed E-state index contributed by atoms with van der Waals surface area (Å²) in [5.74, 6) is -2.86. The predicted molar refractivity (Wildman–Crippen MR) is 145 cm³/mol. The van der Waals surface area contributed by atoms with E-state index >= 15 is 0 Å². The fourth-order valence-corrected chi connectivity index (χ4v) is 11.7. The van der Waals surface area contributed by atoms with Crippen LogP contribution in [0.25, 0.3) is 0 Å². The van der Waals surface area contributed by atoms with Crippen LogP contribution in [0.15, 0.2) is 33.4 Å². The highest BCUT2D eigenvalue weighted by Gasteiger charge is 2.84. The maximum atomic E-state index is 14.3. The summed E-state index contributed by atoms with van der Waals surface area (Å²) in [6, 6.07) is 0. The van der Waals surface area contributed by atoms with Gasteiger partial charge in [0, 0.05) is 40.9 Å². The molecule has 8 aliphatic rings. The maximum Gasteiger partial charge on any atom is 0.334 e. The van der Waals surface area contributed by atoms with E-state index in [0.29, 0.717) is 18.4 Å². The topological polar surface area (TPSA) is 136 Å². The first-order valence-corrected chi connectivity index (χ1v) is 15.2. The average Bonchev–Trinajstić information content (AvgIpc) is 3.86. The Kier molecular flexibility index (Phi) is 4.88. The Hall–Kier alpha value is -2.78. The molecule has 0 amide bonds. The molecule has 0 aromatic rings. The molecule has 42 heavy (non-hydrogen) atoms. The van der Waals surface area contributed by atoms with Crippen molar-refractivity contribution in [1.82, 2.24) is 0 Å². The number of methoxy groups -OCH3 is 1. The van der Waals surface area contributed by atoms with E-state index in [1.165, 1.54) is 19.6 Å². The van der Waals surface area contributed by atoms with E-state index in [9.17, 15) is 29.4 Å². The number of aliphatic hydroxyl groups excluding tert-OH is 1. The van der Waals surface area contributed by atoms with Crippen LogP contribution in [0.4, 0.5) is 0 Å². The molecular formula is C33H38O9. The zero-order valence-electron chi connectivity index (χ0n) is 24.9. The first-order valence-electron chi connectivity index (χ1n) is 15.2. The minimum absolute atomic E-state index is 0.0427. The molecule has 7 aliphatic carbocycles. The quantitative estimate of drug-likeness (QED) is 0.224. The van der Waals surface area contributed by atoms with E-state index in [2.05, 4.69) is 6.92 Å². The molecular weight excluding hydrogens is 540 g/mol. The minimum Gasteiger partial charge on any atom is -0.466 e. The van der Waals surface area contributed by atoms with E-state index in [1.54, 1.807) is 13.8 Å². The standard InChI is InChI=1S/C33H38O9/c1-12-17-10-21-30(4,19-9-20(19)32(21,39)11-41-14(3)34)22-8-16-15-7-18(15)31(5)24(16)25(33(17,22)42-29(12)38)23(26(35)27(31)36)13(2)28(37)40-6/h15,18-22,25,27,36,39H,7-11H2,1-6H3/b23-13-/t15-,18-,19-,20+,21-,22+,25-,27+,30+,31+,32+,33+/m1/s1. The van der Waals surface area contributed by atoms with Crippen molar-refractivity contribution in [2.45, 2.75) is 77.6 Å². The molecule has 0 aromatic carbocycles. The molecule has 5 fully saturated rings. The van der Waals surface area contributed by atoms with Crippen LogP contribution >= 0.6 is 0 Å². The number of allylic oxidation sites excluding steroid dienone is 1. The van der Waals surface area contributed by atoms with Crippen LogP contribution in [-0.2, 0) is 33.4 Å².